The van der Waals surface area contributed by atoms with Crippen LogP contribution in [0.25, 0.3) is 11.1 Å². The minimum absolute atomic E-state index is 0.0438. The van der Waals surface area contributed by atoms with Crippen molar-refractivity contribution in [2.75, 3.05) is 41.5 Å². The van der Waals surface area contributed by atoms with E-state index in [0.29, 0.717) is 12.0 Å². The Hall–Kier alpha value is -6.97. The van der Waals surface area contributed by atoms with E-state index in [0.717, 1.165) is 32.1 Å². The van der Waals surface area contributed by atoms with Gasteiger partial charge in [0.05, 0.1) is 42.7 Å². The Morgan fingerprint density at radius 3 is 2.05 bits per heavy atom. The van der Waals surface area contributed by atoms with Gasteiger partial charge < -0.3 is 34.5 Å². The van der Waals surface area contributed by atoms with Gasteiger partial charge in [0, 0.05) is 33.5 Å². The highest BCUT2D eigenvalue weighted by atomic mass is 16.6. The van der Waals surface area contributed by atoms with Crippen LogP contribution in [0.4, 0.5) is 10.5 Å². The number of nitrogens with one attached hydrogen (secondary N) is 2. The van der Waals surface area contributed by atoms with E-state index in [4.69, 9.17) is 18.9 Å². The smallest absolute Gasteiger partial charge is 0.410 e. The van der Waals surface area contributed by atoms with Crippen molar-refractivity contribution < 1.29 is 47.8 Å². The number of ether oxygens (including phenoxy) is 4. The zero-order valence-corrected chi connectivity index (χ0v) is 36.8. The molecule has 0 aliphatic heterocycles. The zero-order valence-electron chi connectivity index (χ0n) is 36.8. The topological polar surface area (TPSA) is 196 Å². The van der Waals surface area contributed by atoms with Crippen molar-refractivity contribution in [2.45, 2.75) is 76.6 Å². The number of hydrogen-bond donors (Lipinski definition) is 2. The van der Waals surface area contributed by atoms with E-state index in [1.165, 1.54) is 54.2 Å². The molecule has 0 bridgehead atoms. The molecule has 1 aliphatic carbocycles. The maximum absolute atomic E-state index is 14.4. The van der Waals surface area contributed by atoms with Crippen molar-refractivity contribution in [3.05, 3.63) is 123 Å². The minimum atomic E-state index is -1.47. The lowest BCUT2D eigenvalue weighted by Crippen LogP contribution is -2.54. The van der Waals surface area contributed by atoms with E-state index in [1.807, 2.05) is 66.7 Å². The van der Waals surface area contributed by atoms with Crippen molar-refractivity contribution in [1.82, 2.24) is 20.4 Å². The number of nitro groups is 1. The van der Waals surface area contributed by atoms with E-state index < -0.39 is 58.9 Å². The van der Waals surface area contributed by atoms with Crippen LogP contribution in [0.1, 0.15) is 81.2 Å². The lowest BCUT2D eigenvalue weighted by atomic mass is 9.98. The number of methoxy groups -OCH3 is 1. The maximum atomic E-state index is 14.4. The Morgan fingerprint density at radius 1 is 0.857 bits per heavy atom. The Kier molecular flexibility index (Phi) is 15.5. The third-order valence-corrected chi connectivity index (χ3v) is 11.3. The van der Waals surface area contributed by atoms with Crippen molar-refractivity contribution in [2.24, 2.45) is 0 Å². The first-order valence-corrected chi connectivity index (χ1v) is 20.6. The van der Waals surface area contributed by atoms with Gasteiger partial charge in [-0.3, -0.25) is 34.2 Å². The van der Waals surface area contributed by atoms with Gasteiger partial charge in [0.25, 0.3) is 5.69 Å². The highest BCUT2D eigenvalue weighted by Crippen LogP contribution is 2.44. The van der Waals surface area contributed by atoms with Crippen molar-refractivity contribution in [1.29, 1.82) is 0 Å². The number of rotatable bonds is 19. The molecule has 0 heterocycles. The van der Waals surface area contributed by atoms with Crippen molar-refractivity contribution in [3.8, 4) is 22.6 Å². The number of nitrogens with zero attached hydrogens (tertiary/aromatic N) is 3. The van der Waals surface area contributed by atoms with Crippen molar-refractivity contribution >= 4 is 35.5 Å². The molecule has 4 amide bonds. The molecule has 0 aromatic heterocycles. The summed E-state index contributed by atoms with van der Waals surface area (Å²) in [5.41, 5.74) is 3.41. The molecular formula is C47H55N5O11. The van der Waals surface area contributed by atoms with Crippen LogP contribution < -0.4 is 20.1 Å². The predicted octanol–water partition coefficient (Wildman–Crippen LogP) is 6.65. The largest absolute Gasteiger partial charge is 0.493 e. The molecule has 1 aliphatic rings. The quantitative estimate of drug-likeness (QED) is 0.0443. The van der Waals surface area contributed by atoms with E-state index in [2.05, 4.69) is 10.6 Å². The number of carbonyl (C=O) groups is 5. The van der Waals surface area contributed by atoms with E-state index in [9.17, 15) is 34.1 Å². The third kappa shape index (κ3) is 11.1. The van der Waals surface area contributed by atoms with Crippen LogP contribution in [-0.4, -0.2) is 98.1 Å². The molecule has 0 radical (unpaired) electrons. The average molecular weight is 866 g/mol. The van der Waals surface area contributed by atoms with Crippen LogP contribution in [-0.2, 0) is 34.3 Å². The maximum Gasteiger partial charge on any atom is 0.410 e. The van der Waals surface area contributed by atoms with Crippen LogP contribution >= 0.6 is 0 Å². The molecular weight excluding hydrogens is 811 g/mol. The van der Waals surface area contributed by atoms with Gasteiger partial charge in [0.2, 0.25) is 17.7 Å². The minimum Gasteiger partial charge on any atom is -0.493 e. The lowest BCUT2D eigenvalue weighted by Gasteiger charge is -2.33. The van der Waals surface area contributed by atoms with E-state index in [1.54, 1.807) is 26.0 Å². The van der Waals surface area contributed by atoms with Gasteiger partial charge in [-0.2, -0.15) is 0 Å². The number of fused-ring (bicyclic) bond motifs is 3. The fourth-order valence-corrected chi connectivity index (χ4v) is 7.49. The number of nitro benzene ring substituents is 1. The molecule has 16 heteroatoms. The molecule has 0 fully saturated rings. The molecule has 0 saturated heterocycles. The number of likely N-dealkylation sites (N-methyl/N-ethyl adjacent to an activating group) is 2. The first kappa shape index (κ1) is 47.1. The average Bonchev–Trinajstić information content (AvgIpc) is 3.60. The molecule has 5 rings (SSSR count). The second-order valence-electron chi connectivity index (χ2n) is 15.8. The van der Waals surface area contributed by atoms with Gasteiger partial charge in [0.15, 0.2) is 11.5 Å². The standard InChI is InChI=1S/C47H55N5O11/c1-29(36-25-40(60-8)41(26-38(36)52(58)59)61-24-16-23-42(53)48-5)49-44(55)30(2)50(6)45(56)39(27-43(54)63-47(3,4)31-17-10-9-11-18-31)51(7)46(57)62-28-37-34-21-14-12-19-32(34)33-20-13-15-22-35(33)37/h9-15,17-22,25-26,29-30,37,39H,16,23-24,27-28H2,1-8H3,(H,48,53)(H,49,55)/t29?,30-,39-/m0/s1. The van der Waals surface area contributed by atoms with Gasteiger partial charge in [-0.1, -0.05) is 78.9 Å². The monoisotopic (exact) mass is 865 g/mol. The van der Waals surface area contributed by atoms with Crippen LogP contribution in [0.5, 0.6) is 11.5 Å². The second kappa shape index (κ2) is 20.7. The van der Waals surface area contributed by atoms with Gasteiger partial charge in [-0.25, -0.2) is 4.79 Å². The fraction of sp³-hybridized carbons (Fsp3) is 0.383. The number of esters is 1. The predicted molar refractivity (Wildman–Crippen MR) is 234 cm³/mol. The van der Waals surface area contributed by atoms with Gasteiger partial charge in [-0.15, -0.1) is 0 Å². The summed E-state index contributed by atoms with van der Waals surface area (Å²) in [6, 6.07) is 23.7. The highest BCUT2D eigenvalue weighted by molar-refractivity contribution is 5.93. The summed E-state index contributed by atoms with van der Waals surface area (Å²) in [5.74, 6) is -2.43. The molecule has 16 nitrogen and oxygen atoms in total. The molecule has 0 saturated carbocycles. The number of amides is 4. The summed E-state index contributed by atoms with van der Waals surface area (Å²) in [5, 5.41) is 17.5. The third-order valence-electron chi connectivity index (χ3n) is 11.3. The molecule has 4 aromatic carbocycles. The molecule has 3 atom stereocenters. The summed E-state index contributed by atoms with van der Waals surface area (Å²) in [4.78, 5) is 81.1. The van der Waals surface area contributed by atoms with E-state index >= 15 is 0 Å². The van der Waals surface area contributed by atoms with Crippen LogP contribution in [0.3, 0.4) is 0 Å². The Balaban J connectivity index is 1.33. The number of benzene rings is 4. The zero-order chi connectivity index (χ0) is 46.0. The summed E-state index contributed by atoms with van der Waals surface area (Å²) < 4.78 is 22.9. The second-order valence-corrected chi connectivity index (χ2v) is 15.8. The Labute approximate surface area is 367 Å². The Bertz CT molecular complexity index is 2270. The summed E-state index contributed by atoms with van der Waals surface area (Å²) in [6.07, 6.45) is -0.897. The number of hydrogen-bond acceptors (Lipinski definition) is 11. The molecule has 0 spiro atoms. The summed E-state index contributed by atoms with van der Waals surface area (Å²) in [6.45, 7) is 6.45. The van der Waals surface area contributed by atoms with Crippen LogP contribution in [0.15, 0.2) is 91.0 Å². The summed E-state index contributed by atoms with van der Waals surface area (Å²) >= 11 is 0. The van der Waals surface area contributed by atoms with Crippen molar-refractivity contribution in [3.63, 3.8) is 0 Å². The normalized spacial score (nSPS) is 13.3. The fourth-order valence-electron chi connectivity index (χ4n) is 7.49. The summed E-state index contributed by atoms with van der Waals surface area (Å²) in [7, 11) is 5.59. The lowest BCUT2D eigenvalue weighted by molar-refractivity contribution is -0.385. The van der Waals surface area contributed by atoms with Gasteiger partial charge >= 0.3 is 12.1 Å². The molecule has 2 N–H and O–H groups in total. The number of carbonyl (C=O) groups excluding carboxylic acids is 5. The molecule has 63 heavy (non-hydrogen) atoms. The highest BCUT2D eigenvalue weighted by Gasteiger charge is 2.39. The first-order valence-electron chi connectivity index (χ1n) is 20.6. The molecule has 4 aromatic rings. The van der Waals surface area contributed by atoms with E-state index in [-0.39, 0.29) is 54.2 Å². The van der Waals surface area contributed by atoms with Crippen LogP contribution in [0, 0.1) is 10.1 Å². The first-order chi connectivity index (χ1) is 30.0. The molecule has 334 valence electrons. The molecule has 1 unspecified atom stereocenters. The van der Waals surface area contributed by atoms with Gasteiger partial charge in [-0.05, 0) is 68.0 Å². The van der Waals surface area contributed by atoms with Crippen LogP contribution in [0.2, 0.25) is 0 Å². The van der Waals surface area contributed by atoms with Gasteiger partial charge in [0.1, 0.15) is 24.3 Å². The SMILES string of the molecule is CNC(=O)CCCOc1cc([N+](=O)[O-])c(C(C)NC(=O)[C@H](C)N(C)C(=O)[C@H](CC(=O)OC(C)(C)c2ccccc2)N(C)C(=O)OCC2c3ccccc3-c3ccccc32)cc1OC. The Morgan fingerprint density at radius 2 is 1.46 bits per heavy atom.